The lowest BCUT2D eigenvalue weighted by Crippen LogP contribution is -2.15. The molecule has 0 aliphatic rings. The first-order chi connectivity index (χ1) is 9.88. The fourth-order valence-electron chi connectivity index (χ4n) is 1.63. The molecule has 2 aromatic carbocycles. The Bertz CT molecular complexity index is 739. The van der Waals surface area contributed by atoms with E-state index in [1.54, 1.807) is 18.2 Å². The molecule has 0 fully saturated rings. The molecule has 21 heavy (non-hydrogen) atoms. The van der Waals surface area contributed by atoms with Crippen LogP contribution in [0.15, 0.2) is 40.9 Å². The zero-order chi connectivity index (χ0) is 15.6. The zero-order valence-electron chi connectivity index (χ0n) is 10.5. The molecule has 7 heteroatoms. The van der Waals surface area contributed by atoms with Crippen molar-refractivity contribution in [1.29, 1.82) is 0 Å². The zero-order valence-corrected chi connectivity index (χ0v) is 13.7. The SMILES string of the molecule is NC(=S)c1cc(NC(=O)c2ccc(Cl)c(Br)c2)ccc1F. The summed E-state index contributed by atoms with van der Waals surface area (Å²) in [6.45, 7) is 0. The molecule has 0 aliphatic heterocycles. The average Bonchev–Trinajstić information content (AvgIpc) is 2.43. The molecule has 3 N–H and O–H groups in total. The number of nitrogens with two attached hydrogens (primary N) is 1. The molecular weight excluding hydrogens is 379 g/mol. The Morgan fingerprint density at radius 1 is 1.29 bits per heavy atom. The number of halogens is 3. The number of hydrogen-bond acceptors (Lipinski definition) is 2. The highest BCUT2D eigenvalue weighted by Gasteiger charge is 2.11. The topological polar surface area (TPSA) is 55.1 Å². The third-order valence-corrected chi connectivity index (χ3v) is 4.11. The Labute approximate surface area is 139 Å². The van der Waals surface area contributed by atoms with Crippen molar-refractivity contribution in [1.82, 2.24) is 0 Å². The van der Waals surface area contributed by atoms with Crippen LogP contribution in [0.25, 0.3) is 0 Å². The van der Waals surface area contributed by atoms with Crippen LogP contribution in [0.2, 0.25) is 5.02 Å². The van der Waals surface area contributed by atoms with Gasteiger partial charge in [-0.25, -0.2) is 4.39 Å². The average molecular weight is 388 g/mol. The highest BCUT2D eigenvalue weighted by molar-refractivity contribution is 9.10. The number of benzene rings is 2. The monoisotopic (exact) mass is 386 g/mol. The molecule has 0 saturated carbocycles. The maximum absolute atomic E-state index is 13.5. The number of rotatable bonds is 3. The number of carbonyl (C=O) groups excluding carboxylic acids is 1. The summed E-state index contributed by atoms with van der Waals surface area (Å²) < 4.78 is 14.1. The van der Waals surface area contributed by atoms with E-state index < -0.39 is 5.82 Å². The molecule has 0 aromatic heterocycles. The van der Waals surface area contributed by atoms with Gasteiger partial charge in [0.25, 0.3) is 5.91 Å². The molecule has 0 spiro atoms. The second-order valence-electron chi connectivity index (χ2n) is 4.14. The second kappa shape index (κ2) is 6.51. The minimum atomic E-state index is -0.533. The van der Waals surface area contributed by atoms with Crippen LogP contribution in [0.3, 0.4) is 0 Å². The molecule has 2 aromatic rings. The molecule has 0 unspecified atom stereocenters. The highest BCUT2D eigenvalue weighted by Crippen LogP contribution is 2.24. The molecule has 0 radical (unpaired) electrons. The summed E-state index contributed by atoms with van der Waals surface area (Å²) in [6.07, 6.45) is 0. The van der Waals surface area contributed by atoms with E-state index in [9.17, 15) is 9.18 Å². The van der Waals surface area contributed by atoms with E-state index in [2.05, 4.69) is 21.2 Å². The van der Waals surface area contributed by atoms with Crippen molar-refractivity contribution in [2.24, 2.45) is 5.73 Å². The Morgan fingerprint density at radius 2 is 2.00 bits per heavy atom. The van der Waals surface area contributed by atoms with Crippen molar-refractivity contribution in [3.8, 4) is 0 Å². The minimum absolute atomic E-state index is 0.0714. The summed E-state index contributed by atoms with van der Waals surface area (Å²) in [6, 6.07) is 8.80. The van der Waals surface area contributed by atoms with E-state index >= 15 is 0 Å². The third-order valence-electron chi connectivity index (χ3n) is 2.67. The molecule has 0 heterocycles. The van der Waals surface area contributed by atoms with Crippen LogP contribution in [-0.4, -0.2) is 10.9 Å². The molecule has 0 bridgehead atoms. The summed E-state index contributed by atoms with van der Waals surface area (Å²) in [5, 5.41) is 3.15. The van der Waals surface area contributed by atoms with Gasteiger partial charge in [0.05, 0.1) is 5.02 Å². The number of amides is 1. The van der Waals surface area contributed by atoms with Gasteiger partial charge in [0.1, 0.15) is 10.8 Å². The number of hydrogen-bond donors (Lipinski definition) is 2. The van der Waals surface area contributed by atoms with Crippen LogP contribution in [0.1, 0.15) is 15.9 Å². The van der Waals surface area contributed by atoms with Crippen molar-refractivity contribution in [3.05, 3.63) is 62.8 Å². The van der Waals surface area contributed by atoms with Gasteiger partial charge in [0.15, 0.2) is 0 Å². The van der Waals surface area contributed by atoms with E-state index in [0.29, 0.717) is 20.7 Å². The summed E-state index contributed by atoms with van der Waals surface area (Å²) in [7, 11) is 0. The van der Waals surface area contributed by atoms with Crippen LogP contribution in [0.4, 0.5) is 10.1 Å². The Kier molecular flexibility index (Phi) is 4.92. The van der Waals surface area contributed by atoms with Gasteiger partial charge in [-0.05, 0) is 52.3 Å². The molecular formula is C14H9BrClFN2OS. The molecule has 3 nitrogen and oxygen atoms in total. The van der Waals surface area contributed by atoms with Gasteiger partial charge in [0.2, 0.25) is 0 Å². The Morgan fingerprint density at radius 3 is 2.62 bits per heavy atom. The maximum Gasteiger partial charge on any atom is 0.255 e. The standard InChI is InChI=1S/C14H9BrClFN2OS/c15-10-5-7(1-3-11(10)16)14(20)19-8-2-4-12(17)9(6-8)13(18)21/h1-6H,(H2,18,21)(H,19,20). The number of carbonyl (C=O) groups is 1. The summed E-state index contributed by atoms with van der Waals surface area (Å²) in [5.74, 6) is -0.886. The van der Waals surface area contributed by atoms with Crippen LogP contribution < -0.4 is 11.1 Å². The lowest BCUT2D eigenvalue weighted by atomic mass is 10.1. The van der Waals surface area contributed by atoms with Gasteiger partial charge in [-0.2, -0.15) is 0 Å². The maximum atomic E-state index is 13.5. The predicted molar refractivity (Wildman–Crippen MR) is 89.4 cm³/mol. The van der Waals surface area contributed by atoms with Gasteiger partial charge in [-0.15, -0.1) is 0 Å². The molecule has 0 atom stereocenters. The fourth-order valence-corrected chi connectivity index (χ4v) is 2.29. The van der Waals surface area contributed by atoms with Crippen molar-refractivity contribution in [3.63, 3.8) is 0 Å². The fraction of sp³-hybridized carbons (Fsp3) is 0. The largest absolute Gasteiger partial charge is 0.389 e. The molecule has 0 saturated heterocycles. The van der Waals surface area contributed by atoms with Gasteiger partial charge < -0.3 is 11.1 Å². The quantitative estimate of drug-likeness (QED) is 0.779. The van der Waals surface area contributed by atoms with Crippen LogP contribution in [0, 0.1) is 5.82 Å². The first-order valence-corrected chi connectivity index (χ1v) is 7.32. The van der Waals surface area contributed by atoms with Crippen molar-refractivity contribution in [2.45, 2.75) is 0 Å². The molecule has 1 amide bonds. The molecule has 108 valence electrons. The normalized spacial score (nSPS) is 10.2. The summed E-state index contributed by atoms with van der Waals surface area (Å²) in [4.78, 5) is 12.0. The smallest absolute Gasteiger partial charge is 0.255 e. The van der Waals surface area contributed by atoms with E-state index in [4.69, 9.17) is 29.6 Å². The van der Waals surface area contributed by atoms with E-state index in [-0.39, 0.29) is 16.5 Å². The molecule has 2 rings (SSSR count). The van der Waals surface area contributed by atoms with Gasteiger partial charge in [-0.1, -0.05) is 23.8 Å². The summed E-state index contributed by atoms with van der Waals surface area (Å²) >= 11 is 13.9. The van der Waals surface area contributed by atoms with Crippen molar-refractivity contribution < 1.29 is 9.18 Å². The number of anilines is 1. The highest BCUT2D eigenvalue weighted by atomic mass is 79.9. The van der Waals surface area contributed by atoms with Gasteiger partial charge >= 0.3 is 0 Å². The lowest BCUT2D eigenvalue weighted by Gasteiger charge is -2.08. The van der Waals surface area contributed by atoms with Crippen LogP contribution in [-0.2, 0) is 0 Å². The van der Waals surface area contributed by atoms with Crippen molar-refractivity contribution >= 4 is 56.3 Å². The third kappa shape index (κ3) is 3.78. The van der Waals surface area contributed by atoms with E-state index in [1.807, 2.05) is 0 Å². The van der Waals surface area contributed by atoms with E-state index in [0.717, 1.165) is 0 Å². The second-order valence-corrected chi connectivity index (χ2v) is 5.84. The van der Waals surface area contributed by atoms with Crippen LogP contribution >= 0.6 is 39.7 Å². The number of thiocarbonyl (C=S) groups is 1. The predicted octanol–water partition coefficient (Wildman–Crippen LogP) is 4.13. The first kappa shape index (κ1) is 15.9. The van der Waals surface area contributed by atoms with E-state index in [1.165, 1.54) is 18.2 Å². The van der Waals surface area contributed by atoms with Crippen LogP contribution in [0.5, 0.6) is 0 Å². The lowest BCUT2D eigenvalue weighted by molar-refractivity contribution is 0.102. The Balaban J connectivity index is 2.25. The Hall–Kier alpha value is -1.50. The summed E-state index contributed by atoms with van der Waals surface area (Å²) in [5.41, 5.74) is 6.31. The van der Waals surface area contributed by atoms with Gasteiger partial charge in [0, 0.05) is 21.3 Å². The molecule has 0 aliphatic carbocycles. The minimum Gasteiger partial charge on any atom is -0.389 e. The van der Waals surface area contributed by atoms with Gasteiger partial charge in [-0.3, -0.25) is 4.79 Å². The van der Waals surface area contributed by atoms with Crippen molar-refractivity contribution in [2.75, 3.05) is 5.32 Å². The number of nitrogens with one attached hydrogen (secondary N) is 1. The first-order valence-electron chi connectivity index (χ1n) is 5.74.